The molecule has 2 fully saturated rings. The first-order chi connectivity index (χ1) is 12.7. The van der Waals surface area contributed by atoms with Crippen molar-refractivity contribution in [2.45, 2.75) is 44.9 Å². The Hall–Kier alpha value is -2.31. The van der Waals surface area contributed by atoms with E-state index in [0.29, 0.717) is 19.5 Å². The summed E-state index contributed by atoms with van der Waals surface area (Å²) in [5.41, 5.74) is -0.353. The van der Waals surface area contributed by atoms with E-state index in [1.807, 2.05) is 30.3 Å². The van der Waals surface area contributed by atoms with Crippen molar-refractivity contribution in [3.05, 3.63) is 35.9 Å². The first-order valence-corrected chi connectivity index (χ1v) is 9.25. The van der Waals surface area contributed by atoms with Crippen LogP contribution in [0.15, 0.2) is 30.3 Å². The SMILES string of the molecule is CC(C)(C)OC(=O)N[C@@]12CC(CF)[C@@H]1CN(C(=O)OCc1ccccc1)C2. The maximum atomic E-state index is 13.3. The highest BCUT2D eigenvalue weighted by atomic mass is 19.1. The summed E-state index contributed by atoms with van der Waals surface area (Å²) in [4.78, 5) is 26.2. The van der Waals surface area contributed by atoms with Gasteiger partial charge in [0, 0.05) is 19.0 Å². The summed E-state index contributed by atoms with van der Waals surface area (Å²) in [6.45, 7) is 5.76. The molecule has 1 saturated heterocycles. The summed E-state index contributed by atoms with van der Waals surface area (Å²) < 4.78 is 24.0. The molecule has 1 N–H and O–H groups in total. The molecule has 1 aromatic rings. The van der Waals surface area contributed by atoms with E-state index in [4.69, 9.17) is 9.47 Å². The standard InChI is InChI=1S/C20H27FN2O4/c1-19(2,3)27-17(24)22-20-9-15(10-21)16(20)11-23(13-20)18(25)26-12-14-7-5-4-6-8-14/h4-8,15-16H,9-13H2,1-3H3,(H,22,24)/t15?,16-,20+/m0/s1. The summed E-state index contributed by atoms with van der Waals surface area (Å²) in [6, 6.07) is 9.42. The highest BCUT2D eigenvalue weighted by Crippen LogP contribution is 2.49. The third kappa shape index (κ3) is 4.34. The number of nitrogens with one attached hydrogen (secondary N) is 1. The zero-order chi connectivity index (χ0) is 19.7. The molecular weight excluding hydrogens is 351 g/mol. The van der Waals surface area contributed by atoms with E-state index in [-0.39, 0.29) is 18.4 Å². The molecule has 6 nitrogen and oxygen atoms in total. The molecule has 2 amide bonds. The van der Waals surface area contributed by atoms with Gasteiger partial charge in [0.1, 0.15) is 12.2 Å². The van der Waals surface area contributed by atoms with E-state index < -0.39 is 30.0 Å². The molecule has 1 aliphatic heterocycles. The van der Waals surface area contributed by atoms with Crippen molar-refractivity contribution in [2.75, 3.05) is 19.8 Å². The van der Waals surface area contributed by atoms with Gasteiger partial charge in [0.25, 0.3) is 0 Å². The smallest absolute Gasteiger partial charge is 0.410 e. The van der Waals surface area contributed by atoms with Gasteiger partial charge in [-0.1, -0.05) is 30.3 Å². The number of nitrogens with zero attached hydrogens (tertiary/aromatic N) is 1. The van der Waals surface area contributed by atoms with Gasteiger partial charge in [-0.05, 0) is 38.7 Å². The van der Waals surface area contributed by atoms with Crippen LogP contribution in [0.5, 0.6) is 0 Å². The van der Waals surface area contributed by atoms with Crippen molar-refractivity contribution in [3.63, 3.8) is 0 Å². The van der Waals surface area contributed by atoms with E-state index in [1.165, 1.54) is 0 Å². The lowest BCUT2D eigenvalue weighted by molar-refractivity contribution is 0.00551. The number of alkyl carbamates (subject to hydrolysis) is 1. The summed E-state index contributed by atoms with van der Waals surface area (Å²) in [5, 5.41) is 2.89. The second kappa shape index (κ2) is 7.37. The molecule has 0 spiro atoms. The van der Waals surface area contributed by atoms with Crippen molar-refractivity contribution in [2.24, 2.45) is 11.8 Å². The Morgan fingerprint density at radius 3 is 2.63 bits per heavy atom. The van der Waals surface area contributed by atoms with Gasteiger partial charge >= 0.3 is 12.2 Å². The van der Waals surface area contributed by atoms with Crippen LogP contribution in [0.2, 0.25) is 0 Å². The number of hydrogen-bond donors (Lipinski definition) is 1. The molecule has 3 atom stereocenters. The first-order valence-electron chi connectivity index (χ1n) is 9.25. The molecule has 1 saturated carbocycles. The third-order valence-electron chi connectivity index (χ3n) is 5.21. The fourth-order valence-corrected chi connectivity index (χ4v) is 4.00. The van der Waals surface area contributed by atoms with E-state index >= 15 is 0 Å². The van der Waals surface area contributed by atoms with E-state index in [1.54, 1.807) is 25.7 Å². The van der Waals surface area contributed by atoms with Gasteiger partial charge in [-0.25, -0.2) is 9.59 Å². The minimum Gasteiger partial charge on any atom is -0.445 e. The molecule has 7 heteroatoms. The Kier molecular flexibility index (Phi) is 5.31. The largest absolute Gasteiger partial charge is 0.445 e. The minimum absolute atomic E-state index is 0.126. The molecule has 0 radical (unpaired) electrons. The number of carbonyl (C=O) groups is 2. The summed E-state index contributed by atoms with van der Waals surface area (Å²) in [7, 11) is 0. The maximum Gasteiger partial charge on any atom is 0.410 e. The topological polar surface area (TPSA) is 67.9 Å². The average Bonchev–Trinajstić information content (AvgIpc) is 2.86. The van der Waals surface area contributed by atoms with E-state index in [2.05, 4.69) is 5.32 Å². The molecular formula is C20H27FN2O4. The first kappa shape index (κ1) is 19.5. The van der Waals surface area contributed by atoms with Crippen LogP contribution in [0, 0.1) is 11.8 Å². The predicted molar refractivity (Wildman–Crippen MR) is 97.9 cm³/mol. The lowest BCUT2D eigenvalue weighted by Crippen LogP contribution is -2.65. The lowest BCUT2D eigenvalue weighted by Gasteiger charge is -2.49. The van der Waals surface area contributed by atoms with Crippen LogP contribution in [0.1, 0.15) is 32.8 Å². The number of benzene rings is 1. The van der Waals surface area contributed by atoms with Crippen LogP contribution in [0.4, 0.5) is 14.0 Å². The van der Waals surface area contributed by atoms with Gasteiger partial charge in [-0.15, -0.1) is 0 Å². The fraction of sp³-hybridized carbons (Fsp3) is 0.600. The van der Waals surface area contributed by atoms with Gasteiger partial charge in [-0.2, -0.15) is 0 Å². The Labute approximate surface area is 159 Å². The lowest BCUT2D eigenvalue weighted by atomic mass is 9.61. The summed E-state index contributed by atoms with van der Waals surface area (Å²) in [5.74, 6) is -0.286. The van der Waals surface area contributed by atoms with Gasteiger partial charge in [0.2, 0.25) is 0 Å². The quantitative estimate of drug-likeness (QED) is 0.871. The Balaban J connectivity index is 1.61. The van der Waals surface area contributed by atoms with Gasteiger partial charge in [-0.3, -0.25) is 4.39 Å². The molecule has 2 aliphatic rings. The molecule has 27 heavy (non-hydrogen) atoms. The number of alkyl halides is 1. The molecule has 3 rings (SSSR count). The van der Waals surface area contributed by atoms with Crippen LogP contribution in [-0.2, 0) is 16.1 Å². The number of likely N-dealkylation sites (tertiary alicyclic amines) is 1. The van der Waals surface area contributed by atoms with Crippen LogP contribution < -0.4 is 5.32 Å². The van der Waals surface area contributed by atoms with E-state index in [9.17, 15) is 14.0 Å². The number of fused-ring (bicyclic) bond motifs is 1. The maximum absolute atomic E-state index is 13.3. The molecule has 1 unspecified atom stereocenters. The minimum atomic E-state index is -0.634. The zero-order valence-electron chi connectivity index (χ0n) is 16.0. The van der Waals surface area contributed by atoms with Crippen LogP contribution in [0.3, 0.4) is 0 Å². The number of carbonyl (C=O) groups excluding carboxylic acids is 2. The van der Waals surface area contributed by atoms with Crippen molar-refractivity contribution in [1.82, 2.24) is 10.2 Å². The number of ether oxygens (including phenoxy) is 2. The van der Waals surface area contributed by atoms with Gasteiger partial charge in [0.15, 0.2) is 0 Å². The Morgan fingerprint density at radius 2 is 2.00 bits per heavy atom. The molecule has 1 aromatic carbocycles. The van der Waals surface area contributed by atoms with Crippen LogP contribution in [0.25, 0.3) is 0 Å². The normalized spacial score (nSPS) is 26.7. The van der Waals surface area contributed by atoms with Crippen molar-refractivity contribution in [3.8, 4) is 0 Å². The predicted octanol–water partition coefficient (Wildman–Crippen LogP) is 3.51. The number of halogens is 1. The Bertz CT molecular complexity index is 691. The average molecular weight is 378 g/mol. The molecule has 0 bridgehead atoms. The molecule has 1 aliphatic carbocycles. The molecule has 148 valence electrons. The third-order valence-corrected chi connectivity index (χ3v) is 5.21. The van der Waals surface area contributed by atoms with Gasteiger partial charge < -0.3 is 19.7 Å². The van der Waals surface area contributed by atoms with Crippen LogP contribution in [-0.4, -0.2) is 48.0 Å². The molecule has 0 aromatic heterocycles. The van der Waals surface area contributed by atoms with Gasteiger partial charge in [0.05, 0.1) is 12.2 Å². The fourth-order valence-electron chi connectivity index (χ4n) is 4.00. The zero-order valence-corrected chi connectivity index (χ0v) is 16.0. The second-order valence-corrected chi connectivity index (χ2v) is 8.43. The van der Waals surface area contributed by atoms with Crippen molar-refractivity contribution in [1.29, 1.82) is 0 Å². The van der Waals surface area contributed by atoms with Crippen LogP contribution >= 0.6 is 0 Å². The number of rotatable bonds is 4. The number of amides is 2. The monoisotopic (exact) mass is 378 g/mol. The Morgan fingerprint density at radius 1 is 1.30 bits per heavy atom. The van der Waals surface area contributed by atoms with Crippen molar-refractivity contribution < 1.29 is 23.5 Å². The summed E-state index contributed by atoms with van der Waals surface area (Å²) >= 11 is 0. The van der Waals surface area contributed by atoms with E-state index in [0.717, 1.165) is 5.56 Å². The summed E-state index contributed by atoms with van der Waals surface area (Å²) in [6.07, 6.45) is -0.490. The van der Waals surface area contributed by atoms with Crippen molar-refractivity contribution >= 4 is 12.2 Å². The highest BCUT2D eigenvalue weighted by Gasteiger charge is 2.61. The number of hydrogen-bond acceptors (Lipinski definition) is 4. The molecule has 1 heterocycles. The second-order valence-electron chi connectivity index (χ2n) is 8.43. The highest BCUT2D eigenvalue weighted by molar-refractivity contribution is 5.71.